The molecule has 1 aromatic carbocycles. The molecular formula is C19H15N5O2. The molecule has 0 unspecified atom stereocenters. The lowest BCUT2D eigenvalue weighted by Gasteiger charge is -2.08. The summed E-state index contributed by atoms with van der Waals surface area (Å²) in [5.74, 6) is 5.11. The Morgan fingerprint density at radius 3 is 2.69 bits per heavy atom. The Hall–Kier alpha value is -3.53. The molecule has 2 N–H and O–H groups in total. The molecule has 0 aliphatic heterocycles. The van der Waals surface area contributed by atoms with Crippen molar-refractivity contribution in [2.45, 2.75) is 25.7 Å². The van der Waals surface area contributed by atoms with Crippen LogP contribution < -0.4 is 0 Å². The zero-order valence-corrected chi connectivity index (χ0v) is 14.0. The quantitative estimate of drug-likeness (QED) is 0.431. The predicted molar refractivity (Wildman–Crippen MR) is 95.5 cm³/mol. The average Bonchev–Trinajstić information content (AvgIpc) is 3.40. The largest absolute Gasteiger partial charge is 0.478 e. The highest BCUT2D eigenvalue weighted by Gasteiger charge is 2.25. The summed E-state index contributed by atoms with van der Waals surface area (Å²) in [6.45, 7) is 1.71. The zero-order chi connectivity index (χ0) is 18.3. The lowest BCUT2D eigenvalue weighted by Crippen LogP contribution is -2.17. The number of hydrogen-bond donors (Lipinski definition) is 2. The minimum atomic E-state index is -1.09. The van der Waals surface area contributed by atoms with Gasteiger partial charge in [-0.25, -0.2) is 14.5 Å². The molecule has 0 amide bonds. The molecule has 26 heavy (non-hydrogen) atoms. The molecule has 0 saturated heterocycles. The predicted octanol–water partition coefficient (Wildman–Crippen LogP) is 2.65. The van der Waals surface area contributed by atoms with Crippen LogP contribution in [0.25, 0.3) is 10.9 Å². The third-order valence-corrected chi connectivity index (χ3v) is 4.34. The molecule has 4 rings (SSSR count). The van der Waals surface area contributed by atoms with Crippen LogP contribution in [0.15, 0.2) is 30.7 Å². The van der Waals surface area contributed by atoms with E-state index < -0.39 is 5.97 Å². The van der Waals surface area contributed by atoms with E-state index in [2.05, 4.69) is 26.9 Å². The fourth-order valence-electron chi connectivity index (χ4n) is 2.88. The van der Waals surface area contributed by atoms with Gasteiger partial charge in [-0.05, 0) is 31.9 Å². The number of rotatable bonds is 3. The van der Waals surface area contributed by atoms with Crippen molar-refractivity contribution in [2.24, 2.45) is 0 Å². The summed E-state index contributed by atoms with van der Waals surface area (Å²) >= 11 is 0. The average molecular weight is 345 g/mol. The van der Waals surface area contributed by atoms with Crippen molar-refractivity contribution in [3.63, 3.8) is 0 Å². The van der Waals surface area contributed by atoms with Crippen molar-refractivity contribution in [3.8, 4) is 11.8 Å². The fourth-order valence-corrected chi connectivity index (χ4v) is 2.88. The zero-order valence-electron chi connectivity index (χ0n) is 14.0. The first-order valence-corrected chi connectivity index (χ1v) is 8.18. The molecule has 0 spiro atoms. The third kappa shape index (κ3) is 2.62. The molecule has 0 atom stereocenters. The normalized spacial score (nSPS) is 13.3. The maximum Gasteiger partial charge on any atom is 0.337 e. The highest BCUT2D eigenvalue weighted by atomic mass is 16.4. The Morgan fingerprint density at radius 2 is 2.08 bits per heavy atom. The van der Waals surface area contributed by atoms with Gasteiger partial charge in [0.15, 0.2) is 5.84 Å². The van der Waals surface area contributed by atoms with Gasteiger partial charge in [0.1, 0.15) is 5.69 Å². The van der Waals surface area contributed by atoms with Crippen LogP contribution in [0, 0.1) is 17.3 Å². The van der Waals surface area contributed by atoms with Crippen molar-refractivity contribution in [2.75, 3.05) is 0 Å². The lowest BCUT2D eigenvalue weighted by molar-refractivity contribution is 0.0698. The number of aromatic nitrogens is 4. The first-order valence-electron chi connectivity index (χ1n) is 8.18. The lowest BCUT2D eigenvalue weighted by atomic mass is 10.1. The van der Waals surface area contributed by atoms with Crippen LogP contribution in [0.1, 0.15) is 53.0 Å². The molecule has 1 aliphatic rings. The van der Waals surface area contributed by atoms with Crippen molar-refractivity contribution >= 4 is 22.7 Å². The van der Waals surface area contributed by atoms with Gasteiger partial charge in [0.2, 0.25) is 0 Å². The molecule has 7 nitrogen and oxygen atoms in total. The Labute approximate surface area is 149 Å². The van der Waals surface area contributed by atoms with Crippen molar-refractivity contribution in [3.05, 3.63) is 53.2 Å². The molecule has 2 aromatic heterocycles. The van der Waals surface area contributed by atoms with Crippen molar-refractivity contribution < 1.29 is 9.90 Å². The van der Waals surface area contributed by atoms with Crippen molar-refractivity contribution in [1.82, 2.24) is 19.7 Å². The molecule has 2 heterocycles. The van der Waals surface area contributed by atoms with Crippen LogP contribution in [0.2, 0.25) is 0 Å². The standard InChI is InChI=1S/C19H15N5O2/c1-2-3-11-6-7-13(19(25)26)17-14(11)8-23-24(17)18(20)16-10-21-15(9-22-16)12-4-5-12/h6-10,12,20H,4-5H2,1H3,(H,25,26). The summed E-state index contributed by atoms with van der Waals surface area (Å²) in [6, 6.07) is 3.14. The number of nitrogens with zero attached hydrogens (tertiary/aromatic N) is 4. The van der Waals surface area contributed by atoms with E-state index in [9.17, 15) is 9.90 Å². The van der Waals surface area contributed by atoms with Gasteiger partial charge in [0.05, 0.1) is 29.2 Å². The second kappa shape index (κ2) is 6.08. The maximum absolute atomic E-state index is 11.6. The minimum Gasteiger partial charge on any atom is -0.478 e. The second-order valence-electron chi connectivity index (χ2n) is 6.11. The molecular weight excluding hydrogens is 330 g/mol. The number of nitrogens with one attached hydrogen (secondary N) is 1. The number of aromatic carboxylic acids is 1. The van der Waals surface area contributed by atoms with E-state index in [0.29, 0.717) is 28.1 Å². The Kier molecular flexibility index (Phi) is 3.73. The van der Waals surface area contributed by atoms with Crippen LogP contribution in [-0.4, -0.2) is 36.7 Å². The number of fused-ring (bicyclic) bond motifs is 1. The fraction of sp³-hybridized carbons (Fsp3) is 0.211. The van der Waals surface area contributed by atoms with Crippen LogP contribution >= 0.6 is 0 Å². The summed E-state index contributed by atoms with van der Waals surface area (Å²) in [4.78, 5) is 20.3. The summed E-state index contributed by atoms with van der Waals surface area (Å²) in [5.41, 5.74) is 2.32. The van der Waals surface area contributed by atoms with E-state index in [-0.39, 0.29) is 11.4 Å². The van der Waals surface area contributed by atoms with Crippen molar-refractivity contribution in [1.29, 1.82) is 5.41 Å². The highest BCUT2D eigenvalue weighted by Crippen LogP contribution is 2.38. The van der Waals surface area contributed by atoms with Crippen LogP contribution in [-0.2, 0) is 0 Å². The van der Waals surface area contributed by atoms with E-state index in [1.54, 1.807) is 25.4 Å². The number of carboxylic acid groups (broad SMARTS) is 1. The third-order valence-electron chi connectivity index (χ3n) is 4.34. The summed E-state index contributed by atoms with van der Waals surface area (Å²) in [6.07, 6.45) is 7.00. The van der Waals surface area contributed by atoms with Gasteiger partial charge in [-0.2, -0.15) is 5.10 Å². The molecule has 1 aliphatic carbocycles. The van der Waals surface area contributed by atoms with E-state index >= 15 is 0 Å². The number of carbonyl (C=O) groups is 1. The van der Waals surface area contributed by atoms with E-state index in [1.165, 1.54) is 16.9 Å². The minimum absolute atomic E-state index is 0.0287. The van der Waals surface area contributed by atoms with Crippen LogP contribution in [0.4, 0.5) is 0 Å². The summed E-state index contributed by atoms with van der Waals surface area (Å²) < 4.78 is 1.28. The van der Waals surface area contributed by atoms with Gasteiger partial charge < -0.3 is 5.11 Å². The molecule has 0 radical (unpaired) electrons. The SMILES string of the molecule is CC#Cc1ccc(C(=O)O)c2c1cnn2C(=N)c1cnc(C2CC2)cn1. The second-order valence-corrected chi connectivity index (χ2v) is 6.11. The number of carboxylic acids is 1. The summed E-state index contributed by atoms with van der Waals surface area (Å²) in [7, 11) is 0. The van der Waals surface area contributed by atoms with E-state index in [0.717, 1.165) is 18.5 Å². The number of hydrogen-bond acceptors (Lipinski definition) is 5. The van der Waals surface area contributed by atoms with E-state index in [4.69, 9.17) is 5.41 Å². The maximum atomic E-state index is 11.6. The Bertz CT molecular complexity index is 1100. The van der Waals surface area contributed by atoms with Crippen LogP contribution in [0.3, 0.4) is 0 Å². The van der Waals surface area contributed by atoms with Gasteiger partial charge in [-0.1, -0.05) is 5.92 Å². The molecule has 128 valence electrons. The van der Waals surface area contributed by atoms with Gasteiger partial charge in [-0.15, -0.1) is 5.92 Å². The van der Waals surface area contributed by atoms with Gasteiger partial charge >= 0.3 is 5.97 Å². The molecule has 3 aromatic rings. The Balaban J connectivity index is 1.84. The Morgan fingerprint density at radius 1 is 1.27 bits per heavy atom. The van der Waals surface area contributed by atoms with E-state index in [1.807, 2.05) is 0 Å². The number of benzene rings is 1. The summed E-state index contributed by atoms with van der Waals surface area (Å²) in [5, 5.41) is 22.8. The topological polar surface area (TPSA) is 105 Å². The monoisotopic (exact) mass is 345 g/mol. The van der Waals surface area contributed by atoms with Gasteiger partial charge in [0.25, 0.3) is 0 Å². The highest BCUT2D eigenvalue weighted by molar-refractivity contribution is 6.09. The van der Waals surface area contributed by atoms with Gasteiger partial charge in [0, 0.05) is 23.1 Å². The first-order chi connectivity index (χ1) is 12.6. The van der Waals surface area contributed by atoms with Crippen LogP contribution in [0.5, 0.6) is 0 Å². The molecule has 0 bridgehead atoms. The molecule has 1 fully saturated rings. The molecule has 1 saturated carbocycles. The first kappa shape index (κ1) is 16.0. The van der Waals surface area contributed by atoms with Gasteiger partial charge in [-0.3, -0.25) is 10.4 Å². The molecule has 7 heteroatoms. The smallest absolute Gasteiger partial charge is 0.337 e.